The average molecular weight is 218 g/mol. The quantitative estimate of drug-likeness (QED) is 0.764. The van der Waals surface area contributed by atoms with E-state index in [1.807, 2.05) is 4.90 Å². The lowest BCUT2D eigenvalue weighted by Gasteiger charge is -2.26. The summed E-state index contributed by atoms with van der Waals surface area (Å²) >= 11 is 0. The Morgan fingerprint density at radius 3 is 2.88 bits per heavy atom. The molecule has 2 aliphatic rings. The highest BCUT2D eigenvalue weighted by molar-refractivity contribution is 5.92. The van der Waals surface area contributed by atoms with Crippen molar-refractivity contribution in [1.82, 2.24) is 9.88 Å². The Morgan fingerprint density at radius 1 is 1.38 bits per heavy atom. The third-order valence-corrected chi connectivity index (χ3v) is 3.67. The van der Waals surface area contributed by atoms with Gasteiger partial charge in [0.05, 0.1) is 0 Å². The molecule has 84 valence electrons. The van der Waals surface area contributed by atoms with Gasteiger partial charge in [0.1, 0.15) is 5.69 Å². The molecule has 1 aromatic rings. The minimum Gasteiger partial charge on any atom is -0.334 e. The van der Waals surface area contributed by atoms with Gasteiger partial charge in [0, 0.05) is 18.7 Å². The molecular formula is C12H14N2O2. The van der Waals surface area contributed by atoms with Crippen LogP contribution in [0.1, 0.15) is 29.8 Å². The van der Waals surface area contributed by atoms with Crippen molar-refractivity contribution >= 4 is 5.91 Å². The van der Waals surface area contributed by atoms with Crippen molar-refractivity contribution in [1.29, 1.82) is 0 Å². The second kappa shape index (κ2) is 3.47. The molecule has 1 saturated heterocycles. The standard InChI is InChI=1S/C12H14N2O2/c15-11-3-1-2-10(13-11)12(16)14-7-8-4-5-9(14)6-8/h1-3,8-9H,4-7H2,(H,13,15). The lowest BCUT2D eigenvalue weighted by atomic mass is 10.1. The maximum atomic E-state index is 12.1. The molecule has 2 unspecified atom stereocenters. The predicted octanol–water partition coefficient (Wildman–Crippen LogP) is 0.999. The Morgan fingerprint density at radius 2 is 2.25 bits per heavy atom. The predicted molar refractivity (Wildman–Crippen MR) is 59.2 cm³/mol. The van der Waals surface area contributed by atoms with E-state index < -0.39 is 0 Å². The van der Waals surface area contributed by atoms with Crippen LogP contribution in [0.15, 0.2) is 23.0 Å². The van der Waals surface area contributed by atoms with E-state index in [9.17, 15) is 9.59 Å². The summed E-state index contributed by atoms with van der Waals surface area (Å²) in [5, 5.41) is 0. The van der Waals surface area contributed by atoms with Gasteiger partial charge in [0.2, 0.25) is 5.56 Å². The second-order valence-electron chi connectivity index (χ2n) is 4.72. The van der Waals surface area contributed by atoms with Crippen LogP contribution in [0, 0.1) is 5.92 Å². The SMILES string of the molecule is O=C(c1cccc(=O)[nH]1)N1CC2CCC1C2. The van der Waals surface area contributed by atoms with Crippen LogP contribution in [0.25, 0.3) is 0 Å². The molecule has 1 aliphatic carbocycles. The first kappa shape index (κ1) is 9.63. The third-order valence-electron chi connectivity index (χ3n) is 3.67. The minimum atomic E-state index is -0.213. The van der Waals surface area contributed by atoms with Gasteiger partial charge in [-0.1, -0.05) is 6.07 Å². The highest BCUT2D eigenvalue weighted by Gasteiger charge is 2.40. The zero-order valence-corrected chi connectivity index (χ0v) is 8.98. The lowest BCUT2D eigenvalue weighted by molar-refractivity contribution is 0.0697. The number of piperidine rings is 1. The van der Waals surface area contributed by atoms with Crippen molar-refractivity contribution in [2.75, 3.05) is 6.54 Å². The number of carbonyl (C=O) groups is 1. The van der Waals surface area contributed by atoms with Gasteiger partial charge in [-0.2, -0.15) is 0 Å². The molecule has 1 aromatic heterocycles. The molecule has 4 nitrogen and oxygen atoms in total. The summed E-state index contributed by atoms with van der Waals surface area (Å²) in [6.07, 6.45) is 3.51. The van der Waals surface area contributed by atoms with Crippen LogP contribution in [0.4, 0.5) is 0 Å². The van der Waals surface area contributed by atoms with E-state index >= 15 is 0 Å². The largest absolute Gasteiger partial charge is 0.334 e. The molecular weight excluding hydrogens is 204 g/mol. The molecule has 2 heterocycles. The van der Waals surface area contributed by atoms with Crippen molar-refractivity contribution in [3.8, 4) is 0 Å². The van der Waals surface area contributed by atoms with Crippen LogP contribution in [0.5, 0.6) is 0 Å². The van der Waals surface area contributed by atoms with Crippen LogP contribution in [-0.2, 0) is 0 Å². The summed E-state index contributed by atoms with van der Waals surface area (Å²) in [4.78, 5) is 27.8. The smallest absolute Gasteiger partial charge is 0.270 e. The van der Waals surface area contributed by atoms with E-state index in [1.165, 1.54) is 12.5 Å². The molecule has 16 heavy (non-hydrogen) atoms. The molecule has 2 bridgehead atoms. The first-order valence-corrected chi connectivity index (χ1v) is 5.74. The summed E-state index contributed by atoms with van der Waals surface area (Å²) in [6, 6.07) is 5.13. The van der Waals surface area contributed by atoms with Crippen molar-refractivity contribution < 1.29 is 4.79 Å². The molecule has 1 amide bonds. The first-order valence-electron chi connectivity index (χ1n) is 5.74. The van der Waals surface area contributed by atoms with Crippen LogP contribution >= 0.6 is 0 Å². The van der Waals surface area contributed by atoms with Crippen LogP contribution < -0.4 is 5.56 Å². The number of nitrogens with zero attached hydrogens (tertiary/aromatic N) is 1. The summed E-state index contributed by atoms with van der Waals surface area (Å²) < 4.78 is 0. The summed E-state index contributed by atoms with van der Waals surface area (Å²) in [5.41, 5.74) is 0.204. The number of aromatic nitrogens is 1. The zero-order valence-electron chi connectivity index (χ0n) is 8.98. The van der Waals surface area contributed by atoms with Gasteiger partial charge in [-0.05, 0) is 31.2 Å². The molecule has 1 saturated carbocycles. The molecule has 0 spiro atoms. The summed E-state index contributed by atoms with van der Waals surface area (Å²) in [5.74, 6) is 0.661. The Kier molecular flexibility index (Phi) is 2.09. The van der Waals surface area contributed by atoms with E-state index in [0.29, 0.717) is 17.7 Å². The van der Waals surface area contributed by atoms with Crippen LogP contribution in [0.3, 0.4) is 0 Å². The number of nitrogens with one attached hydrogen (secondary N) is 1. The molecule has 1 aliphatic heterocycles. The number of fused-ring (bicyclic) bond motifs is 2. The number of likely N-dealkylation sites (tertiary alicyclic amines) is 1. The van der Waals surface area contributed by atoms with E-state index in [-0.39, 0.29) is 11.5 Å². The van der Waals surface area contributed by atoms with Crippen molar-refractivity contribution in [2.45, 2.75) is 25.3 Å². The molecule has 3 rings (SSSR count). The number of rotatable bonds is 1. The van der Waals surface area contributed by atoms with E-state index in [0.717, 1.165) is 19.4 Å². The highest BCUT2D eigenvalue weighted by Crippen LogP contribution is 2.37. The molecule has 1 N–H and O–H groups in total. The number of aromatic amines is 1. The Balaban J connectivity index is 1.86. The monoisotopic (exact) mass is 218 g/mol. The first-order chi connectivity index (χ1) is 7.74. The molecule has 2 atom stereocenters. The number of amides is 1. The number of pyridine rings is 1. The van der Waals surface area contributed by atoms with Crippen molar-refractivity contribution in [2.24, 2.45) is 5.92 Å². The number of hydrogen-bond donors (Lipinski definition) is 1. The Labute approximate surface area is 93.3 Å². The van der Waals surface area contributed by atoms with E-state index in [4.69, 9.17) is 0 Å². The van der Waals surface area contributed by atoms with Gasteiger partial charge in [-0.3, -0.25) is 9.59 Å². The lowest BCUT2D eigenvalue weighted by Crippen LogP contribution is -2.38. The van der Waals surface area contributed by atoms with Gasteiger partial charge in [-0.15, -0.1) is 0 Å². The van der Waals surface area contributed by atoms with Gasteiger partial charge in [0.15, 0.2) is 0 Å². The Bertz CT molecular complexity index is 480. The van der Waals surface area contributed by atoms with Crippen LogP contribution in [-0.4, -0.2) is 28.4 Å². The van der Waals surface area contributed by atoms with Crippen molar-refractivity contribution in [3.05, 3.63) is 34.2 Å². The number of H-pyrrole nitrogens is 1. The maximum absolute atomic E-state index is 12.1. The topological polar surface area (TPSA) is 53.2 Å². The third kappa shape index (κ3) is 1.45. The van der Waals surface area contributed by atoms with E-state index in [2.05, 4.69) is 4.98 Å². The highest BCUT2D eigenvalue weighted by atomic mass is 16.2. The molecule has 4 heteroatoms. The Hall–Kier alpha value is -1.58. The number of carbonyl (C=O) groups excluding carboxylic acids is 1. The van der Waals surface area contributed by atoms with Gasteiger partial charge < -0.3 is 9.88 Å². The van der Waals surface area contributed by atoms with Gasteiger partial charge in [-0.25, -0.2) is 0 Å². The fraction of sp³-hybridized carbons (Fsp3) is 0.500. The van der Waals surface area contributed by atoms with Crippen molar-refractivity contribution in [3.63, 3.8) is 0 Å². The average Bonchev–Trinajstić information content (AvgIpc) is 2.89. The maximum Gasteiger partial charge on any atom is 0.270 e. The zero-order chi connectivity index (χ0) is 11.1. The fourth-order valence-corrected chi connectivity index (χ4v) is 2.90. The minimum absolute atomic E-state index is 0.0232. The molecule has 2 fully saturated rings. The molecule has 0 aromatic carbocycles. The summed E-state index contributed by atoms with van der Waals surface area (Å²) in [6.45, 7) is 0.862. The number of hydrogen-bond acceptors (Lipinski definition) is 2. The second-order valence-corrected chi connectivity index (χ2v) is 4.72. The normalized spacial score (nSPS) is 27.4. The summed E-state index contributed by atoms with van der Waals surface area (Å²) in [7, 11) is 0. The fourth-order valence-electron chi connectivity index (χ4n) is 2.90. The molecule has 0 radical (unpaired) electrons. The van der Waals surface area contributed by atoms with E-state index in [1.54, 1.807) is 12.1 Å². The van der Waals surface area contributed by atoms with Gasteiger partial charge >= 0.3 is 0 Å². The van der Waals surface area contributed by atoms with Crippen LogP contribution in [0.2, 0.25) is 0 Å². The van der Waals surface area contributed by atoms with Gasteiger partial charge in [0.25, 0.3) is 5.91 Å².